The molecule has 45 heavy (non-hydrogen) atoms. The van der Waals surface area contributed by atoms with E-state index in [1.165, 1.54) is 22.9 Å². The highest BCUT2D eigenvalue weighted by Gasteiger charge is 2.35. The lowest BCUT2D eigenvalue weighted by atomic mass is 10.0. The number of anilines is 1. The first-order chi connectivity index (χ1) is 21.8. The zero-order valence-corrected chi connectivity index (χ0v) is 27.8. The van der Waals surface area contributed by atoms with Gasteiger partial charge in [-0.15, -0.1) is 6.58 Å². The minimum Gasteiger partial charge on any atom is -0.493 e. The van der Waals surface area contributed by atoms with Gasteiger partial charge in [0.15, 0.2) is 16.7 Å². The summed E-state index contributed by atoms with van der Waals surface area (Å²) in [7, 11) is 1.60. The monoisotopic (exact) mass is 656 g/mol. The molecule has 8 heteroatoms. The number of hydrogen-bond donors (Lipinski definition) is 0. The average molecular weight is 658 g/mol. The summed E-state index contributed by atoms with van der Waals surface area (Å²) in [5.41, 5.74) is 6.55. The number of aliphatic imine (C=N–C) groups is 1. The van der Waals surface area contributed by atoms with Crippen molar-refractivity contribution < 1.29 is 14.3 Å². The Hall–Kier alpha value is -3.97. The molecule has 1 saturated heterocycles. The molecule has 0 bridgehead atoms. The van der Waals surface area contributed by atoms with E-state index in [9.17, 15) is 4.79 Å². The molecule has 230 valence electrons. The Kier molecular flexibility index (Phi) is 10.7. The molecule has 1 fully saturated rings. The molecule has 1 aliphatic rings. The molecule has 4 aromatic carbocycles. The Morgan fingerprint density at radius 3 is 2.18 bits per heavy atom. The summed E-state index contributed by atoms with van der Waals surface area (Å²) in [5.74, 6) is 1.01. The number of amidine groups is 1. The molecule has 0 aliphatic carbocycles. The van der Waals surface area contributed by atoms with Crippen LogP contribution in [0.4, 0.5) is 11.4 Å². The number of allylic oxidation sites excluding steroid dienone is 1. The van der Waals surface area contributed by atoms with E-state index in [1.807, 2.05) is 66.7 Å². The van der Waals surface area contributed by atoms with E-state index in [0.717, 1.165) is 40.9 Å². The third-order valence-corrected chi connectivity index (χ3v) is 9.09. The highest BCUT2D eigenvalue weighted by atomic mass is 35.5. The molecule has 0 radical (unpaired) electrons. The lowest BCUT2D eigenvalue weighted by Crippen LogP contribution is -2.28. The number of ether oxygens (including phenoxy) is 2. The van der Waals surface area contributed by atoms with Crippen molar-refractivity contribution in [1.29, 1.82) is 0 Å². The fraction of sp³-hybridized carbons (Fsp3) is 0.189. The van der Waals surface area contributed by atoms with Crippen LogP contribution in [-0.2, 0) is 30.7 Å². The van der Waals surface area contributed by atoms with Crippen molar-refractivity contribution in [2.24, 2.45) is 4.99 Å². The number of aryl methyl sites for hydroxylation is 2. The third-order valence-electron chi connectivity index (χ3n) is 7.38. The number of methoxy groups -OCH3 is 1. The molecule has 0 saturated carbocycles. The van der Waals surface area contributed by atoms with Gasteiger partial charge < -0.3 is 9.47 Å². The largest absolute Gasteiger partial charge is 0.493 e. The maximum absolute atomic E-state index is 14.0. The van der Waals surface area contributed by atoms with Crippen molar-refractivity contribution in [3.63, 3.8) is 0 Å². The van der Waals surface area contributed by atoms with Crippen LogP contribution in [0.2, 0.25) is 10.0 Å². The molecule has 5 nitrogen and oxygen atoms in total. The van der Waals surface area contributed by atoms with Crippen molar-refractivity contribution in [3.8, 4) is 11.5 Å². The van der Waals surface area contributed by atoms with Gasteiger partial charge in [0, 0.05) is 5.56 Å². The SMILES string of the molecule is C=CCc1cc(/C=C2\SC(=Nc3ccc(CC)cc3)N(c3ccc(CC)cc3)C2=O)cc(OC)c1OCc1ccc(Cl)c(Cl)c1. The lowest BCUT2D eigenvalue weighted by Gasteiger charge is -2.17. The van der Waals surface area contributed by atoms with Gasteiger partial charge in [0.2, 0.25) is 0 Å². The molecule has 0 aromatic heterocycles. The minimum absolute atomic E-state index is 0.141. The number of hydrogen-bond acceptors (Lipinski definition) is 5. The topological polar surface area (TPSA) is 51.1 Å². The van der Waals surface area contributed by atoms with Crippen molar-refractivity contribution in [3.05, 3.63) is 134 Å². The van der Waals surface area contributed by atoms with E-state index >= 15 is 0 Å². The van der Waals surface area contributed by atoms with Crippen LogP contribution in [-0.4, -0.2) is 18.2 Å². The first kappa shape index (κ1) is 32.4. The quantitative estimate of drug-likeness (QED) is 0.119. The second kappa shape index (κ2) is 14.9. The van der Waals surface area contributed by atoms with Gasteiger partial charge in [-0.3, -0.25) is 9.69 Å². The minimum atomic E-state index is -0.141. The maximum Gasteiger partial charge on any atom is 0.271 e. The first-order valence-electron chi connectivity index (χ1n) is 14.7. The zero-order chi connectivity index (χ0) is 31.9. The number of thioether (sulfide) groups is 1. The van der Waals surface area contributed by atoms with Crippen molar-refractivity contribution in [1.82, 2.24) is 0 Å². The Morgan fingerprint density at radius 1 is 0.889 bits per heavy atom. The fourth-order valence-corrected chi connectivity index (χ4v) is 6.22. The molecule has 1 heterocycles. The normalized spacial score (nSPS) is 14.8. The Bertz CT molecular complexity index is 1770. The summed E-state index contributed by atoms with van der Waals surface area (Å²) in [4.78, 5) is 21.1. The van der Waals surface area contributed by atoms with Gasteiger partial charge in [-0.05, 0) is 108 Å². The van der Waals surface area contributed by atoms with Crippen LogP contribution < -0.4 is 14.4 Å². The van der Waals surface area contributed by atoms with Gasteiger partial charge in [0.1, 0.15) is 6.61 Å². The van der Waals surface area contributed by atoms with Crippen LogP contribution >= 0.6 is 35.0 Å². The van der Waals surface area contributed by atoms with E-state index in [-0.39, 0.29) is 12.5 Å². The molecule has 0 spiro atoms. The highest BCUT2D eigenvalue weighted by Crippen LogP contribution is 2.40. The van der Waals surface area contributed by atoms with Gasteiger partial charge in [0.05, 0.1) is 33.4 Å². The lowest BCUT2D eigenvalue weighted by molar-refractivity contribution is -0.113. The predicted octanol–water partition coefficient (Wildman–Crippen LogP) is 10.2. The van der Waals surface area contributed by atoms with Crippen molar-refractivity contribution >= 4 is 63.5 Å². The number of benzene rings is 4. The van der Waals surface area contributed by atoms with Crippen LogP contribution in [0, 0.1) is 0 Å². The highest BCUT2D eigenvalue weighted by molar-refractivity contribution is 8.19. The summed E-state index contributed by atoms with van der Waals surface area (Å²) < 4.78 is 12.0. The molecule has 5 rings (SSSR count). The van der Waals surface area contributed by atoms with Crippen molar-refractivity contribution in [2.75, 3.05) is 12.0 Å². The number of carbonyl (C=O) groups is 1. The smallest absolute Gasteiger partial charge is 0.271 e. The number of rotatable bonds is 11. The van der Waals surface area contributed by atoms with Gasteiger partial charge in [-0.25, -0.2) is 4.99 Å². The van der Waals surface area contributed by atoms with Crippen LogP contribution in [0.5, 0.6) is 11.5 Å². The Labute approximate surface area is 279 Å². The van der Waals surface area contributed by atoms with Gasteiger partial charge in [-0.2, -0.15) is 0 Å². The predicted molar refractivity (Wildman–Crippen MR) is 189 cm³/mol. The van der Waals surface area contributed by atoms with Crippen LogP contribution in [0.3, 0.4) is 0 Å². The van der Waals surface area contributed by atoms with E-state index in [1.54, 1.807) is 24.1 Å². The van der Waals surface area contributed by atoms with Gasteiger partial charge in [-0.1, -0.05) is 73.5 Å². The first-order valence-corrected chi connectivity index (χ1v) is 16.3. The standard InChI is InChI=1S/C37H34Cl2N2O3S/c1-5-8-28-19-27(21-33(43-4)35(28)44-23-26-13-18-31(38)32(39)20-26)22-34-36(42)41(30-16-11-25(7-3)12-17-30)37(45-34)40-29-14-9-24(6-2)10-15-29/h5,9-22H,1,6-8,23H2,2-4H3/b34-22-,40-37?. The second-order valence-corrected chi connectivity index (χ2v) is 12.3. The molecule has 0 atom stereocenters. The average Bonchev–Trinajstić information content (AvgIpc) is 3.35. The van der Waals surface area contributed by atoms with Crippen molar-refractivity contribution in [2.45, 2.75) is 39.7 Å². The molecule has 0 unspecified atom stereocenters. The van der Waals surface area contributed by atoms with Crippen LogP contribution in [0.1, 0.15) is 41.7 Å². The summed E-state index contributed by atoms with van der Waals surface area (Å²) in [5, 5.41) is 1.55. The maximum atomic E-state index is 14.0. The summed E-state index contributed by atoms with van der Waals surface area (Å²) >= 11 is 13.6. The molecule has 1 aliphatic heterocycles. The van der Waals surface area contributed by atoms with Gasteiger partial charge in [0.25, 0.3) is 5.91 Å². The summed E-state index contributed by atoms with van der Waals surface area (Å²) in [6, 6.07) is 25.4. The van der Waals surface area contributed by atoms with E-state index < -0.39 is 0 Å². The molecular weight excluding hydrogens is 623 g/mol. The summed E-state index contributed by atoms with van der Waals surface area (Å²) in [6.07, 6.45) is 6.09. The number of nitrogens with zero attached hydrogens (tertiary/aromatic N) is 2. The molecular formula is C37H34Cl2N2O3S. The molecule has 1 amide bonds. The summed E-state index contributed by atoms with van der Waals surface area (Å²) in [6.45, 7) is 8.43. The second-order valence-electron chi connectivity index (χ2n) is 10.4. The van der Waals surface area contributed by atoms with E-state index in [4.69, 9.17) is 37.7 Å². The third kappa shape index (κ3) is 7.64. The number of carbonyl (C=O) groups excluding carboxylic acids is 1. The Balaban J connectivity index is 1.50. The van der Waals surface area contributed by atoms with E-state index in [0.29, 0.717) is 38.0 Å². The molecule has 4 aromatic rings. The van der Waals surface area contributed by atoms with Crippen LogP contribution in [0.15, 0.2) is 101 Å². The van der Waals surface area contributed by atoms with Gasteiger partial charge >= 0.3 is 0 Å². The number of amides is 1. The van der Waals surface area contributed by atoms with E-state index in [2.05, 4.69) is 32.6 Å². The number of halogens is 2. The molecule has 0 N–H and O–H groups in total. The zero-order valence-electron chi connectivity index (χ0n) is 25.5. The fourth-order valence-electron chi connectivity index (χ4n) is 4.90. The Morgan fingerprint density at radius 2 is 1.56 bits per heavy atom. The van der Waals surface area contributed by atoms with Crippen LogP contribution in [0.25, 0.3) is 6.08 Å².